The molecule has 0 aromatic rings. The Bertz CT molecular complexity index is 163. The van der Waals surface area contributed by atoms with E-state index in [9.17, 15) is 17.8 Å². The van der Waals surface area contributed by atoms with Crippen LogP contribution in [0.5, 0.6) is 0 Å². The molecule has 1 amide bonds. The second kappa shape index (κ2) is 5.17. The third-order valence-electron chi connectivity index (χ3n) is 0.887. The molecule has 3 nitrogen and oxygen atoms in total. The minimum atomic E-state index is -2.99. The fourth-order valence-corrected chi connectivity index (χ4v) is 0.785. The largest absolute Gasteiger partial charge is 0.350 e. The molecule has 0 radical (unpaired) electrons. The molecule has 0 fully saturated rings. The molecule has 0 saturated heterocycles. The normalized spacial score (nSPS) is 13.1. The second-order valence-corrected chi connectivity index (χ2v) is 3.42. The molecular weight excluding hydrogens is 176 g/mol. The van der Waals surface area contributed by atoms with Gasteiger partial charge in [-0.1, -0.05) is 0 Å². The predicted molar refractivity (Wildman–Crippen MR) is 37.9 cm³/mol. The van der Waals surface area contributed by atoms with E-state index < -0.39 is 23.1 Å². The van der Waals surface area contributed by atoms with Crippen LogP contribution in [0.4, 0.5) is 8.78 Å². The molecule has 11 heavy (non-hydrogen) atoms. The summed E-state index contributed by atoms with van der Waals surface area (Å²) in [7, 11) is -1.05. The van der Waals surface area contributed by atoms with E-state index in [2.05, 4.69) is 0 Å². The van der Waals surface area contributed by atoms with Crippen molar-refractivity contribution in [2.24, 2.45) is 0 Å². The summed E-state index contributed by atoms with van der Waals surface area (Å²) < 4.78 is 33.3. The number of hydrogen-bond acceptors (Lipinski definition) is 2. The molecule has 0 aliphatic heterocycles. The van der Waals surface area contributed by atoms with Gasteiger partial charge in [-0.05, 0) is 0 Å². The van der Waals surface area contributed by atoms with Crippen LogP contribution in [0, 0.1) is 0 Å². The molecule has 0 saturated carbocycles. The molecule has 1 unspecified atom stereocenters. The lowest BCUT2D eigenvalue weighted by Crippen LogP contribution is -2.32. The van der Waals surface area contributed by atoms with Crippen LogP contribution in [0.2, 0.25) is 0 Å². The summed E-state index contributed by atoms with van der Waals surface area (Å²) in [4.78, 5) is 10.2. The maximum Gasteiger partial charge on any atom is 0.315 e. The van der Waals surface area contributed by atoms with Crippen LogP contribution in [-0.2, 0) is 15.6 Å². The first-order valence-electron chi connectivity index (χ1n) is 2.90. The lowest BCUT2D eigenvalue weighted by atomic mass is 10.6. The molecule has 0 bridgehead atoms. The van der Waals surface area contributed by atoms with Crippen molar-refractivity contribution in [1.82, 2.24) is 5.32 Å². The lowest BCUT2D eigenvalue weighted by molar-refractivity contribution is -0.131. The lowest BCUT2D eigenvalue weighted by Gasteiger charge is -2.01. The summed E-state index contributed by atoms with van der Waals surface area (Å²) >= 11 is 0. The highest BCUT2D eigenvalue weighted by atomic mass is 32.2. The van der Waals surface area contributed by atoms with Crippen molar-refractivity contribution in [2.75, 3.05) is 18.6 Å². The predicted octanol–water partition coefficient (Wildman–Crippen LogP) is -0.254. The topological polar surface area (TPSA) is 46.2 Å². The number of halogens is 2. The van der Waals surface area contributed by atoms with Crippen LogP contribution in [0.3, 0.4) is 0 Å². The molecule has 0 aromatic heterocycles. The summed E-state index contributed by atoms with van der Waals surface area (Å²) in [6.07, 6.45) is -1.55. The highest BCUT2D eigenvalue weighted by Gasteiger charge is 2.13. The third kappa shape index (κ3) is 5.90. The SMILES string of the molecule is CS(=O)CCNC(=O)C(F)F. The van der Waals surface area contributed by atoms with E-state index in [4.69, 9.17) is 0 Å². The minimum Gasteiger partial charge on any atom is -0.350 e. The van der Waals surface area contributed by atoms with Crippen LogP contribution in [0.1, 0.15) is 0 Å². The van der Waals surface area contributed by atoms with Crippen LogP contribution in [-0.4, -0.2) is 35.1 Å². The molecule has 0 rings (SSSR count). The molecule has 0 aliphatic rings. The fraction of sp³-hybridized carbons (Fsp3) is 0.800. The van der Waals surface area contributed by atoms with Crippen LogP contribution in [0.15, 0.2) is 0 Å². The van der Waals surface area contributed by atoms with E-state index in [1.165, 1.54) is 6.26 Å². The average Bonchev–Trinajstić information content (AvgIpc) is 1.86. The monoisotopic (exact) mass is 185 g/mol. The van der Waals surface area contributed by atoms with Crippen molar-refractivity contribution < 1.29 is 17.8 Å². The zero-order chi connectivity index (χ0) is 8.85. The molecular formula is C5H9F2NO2S. The first-order chi connectivity index (χ1) is 5.04. The summed E-state index contributed by atoms with van der Waals surface area (Å²) in [5.74, 6) is -1.10. The molecule has 0 aromatic carbocycles. The smallest absolute Gasteiger partial charge is 0.315 e. The van der Waals surface area contributed by atoms with E-state index >= 15 is 0 Å². The van der Waals surface area contributed by atoms with E-state index in [0.29, 0.717) is 0 Å². The Kier molecular flexibility index (Phi) is 4.93. The van der Waals surface area contributed by atoms with Crippen LogP contribution < -0.4 is 5.32 Å². The van der Waals surface area contributed by atoms with Crippen molar-refractivity contribution in [2.45, 2.75) is 6.43 Å². The fourth-order valence-electron chi connectivity index (χ4n) is 0.395. The van der Waals surface area contributed by atoms with Crippen LogP contribution in [0.25, 0.3) is 0 Å². The Morgan fingerprint density at radius 3 is 2.55 bits per heavy atom. The second-order valence-electron chi connectivity index (χ2n) is 1.87. The Hall–Kier alpha value is -0.520. The molecule has 0 spiro atoms. The molecule has 66 valence electrons. The zero-order valence-electron chi connectivity index (χ0n) is 5.97. The Morgan fingerprint density at radius 2 is 2.18 bits per heavy atom. The summed E-state index contributed by atoms with van der Waals surface area (Å²) in [6.45, 7) is 0.0340. The maximum absolute atomic E-state index is 11.5. The van der Waals surface area contributed by atoms with Gasteiger partial charge in [0.15, 0.2) is 0 Å². The first kappa shape index (κ1) is 10.5. The Morgan fingerprint density at radius 1 is 1.64 bits per heavy atom. The maximum atomic E-state index is 11.5. The number of carbonyl (C=O) groups is 1. The highest BCUT2D eigenvalue weighted by Crippen LogP contribution is 1.89. The third-order valence-corrected chi connectivity index (χ3v) is 1.67. The molecule has 1 N–H and O–H groups in total. The number of amides is 1. The van der Waals surface area contributed by atoms with Gasteiger partial charge in [0.2, 0.25) is 0 Å². The molecule has 0 aliphatic carbocycles. The zero-order valence-corrected chi connectivity index (χ0v) is 6.79. The van der Waals surface area contributed by atoms with Crippen LogP contribution >= 0.6 is 0 Å². The quantitative estimate of drug-likeness (QED) is 0.656. The van der Waals surface area contributed by atoms with Crippen molar-refractivity contribution in [3.63, 3.8) is 0 Å². The number of hydrogen-bond donors (Lipinski definition) is 1. The molecule has 6 heteroatoms. The number of alkyl halides is 2. The van der Waals surface area contributed by atoms with E-state index in [0.717, 1.165) is 0 Å². The van der Waals surface area contributed by atoms with E-state index in [-0.39, 0.29) is 12.3 Å². The van der Waals surface area contributed by atoms with Crippen molar-refractivity contribution in [3.05, 3.63) is 0 Å². The number of nitrogens with one attached hydrogen (secondary N) is 1. The summed E-state index contributed by atoms with van der Waals surface area (Å²) in [5.41, 5.74) is 0. The minimum absolute atomic E-state index is 0.0340. The summed E-state index contributed by atoms with van der Waals surface area (Å²) in [5, 5.41) is 1.93. The first-order valence-corrected chi connectivity index (χ1v) is 4.62. The van der Waals surface area contributed by atoms with Crippen molar-refractivity contribution in [1.29, 1.82) is 0 Å². The van der Waals surface area contributed by atoms with Gasteiger partial charge < -0.3 is 5.32 Å². The van der Waals surface area contributed by atoms with Gasteiger partial charge in [0.05, 0.1) is 0 Å². The van der Waals surface area contributed by atoms with Gasteiger partial charge in [0.1, 0.15) is 0 Å². The number of carbonyl (C=O) groups excluding carboxylic acids is 1. The van der Waals surface area contributed by atoms with Crippen molar-refractivity contribution >= 4 is 16.7 Å². The van der Waals surface area contributed by atoms with Gasteiger partial charge in [0.25, 0.3) is 5.91 Å². The van der Waals surface area contributed by atoms with E-state index in [1.54, 1.807) is 0 Å². The highest BCUT2D eigenvalue weighted by molar-refractivity contribution is 7.84. The summed E-state index contributed by atoms with van der Waals surface area (Å²) in [6, 6.07) is 0. The van der Waals surface area contributed by atoms with Gasteiger partial charge in [-0.25, -0.2) is 0 Å². The number of rotatable bonds is 4. The van der Waals surface area contributed by atoms with Gasteiger partial charge in [-0.15, -0.1) is 0 Å². The van der Waals surface area contributed by atoms with Crippen molar-refractivity contribution in [3.8, 4) is 0 Å². The molecule has 0 heterocycles. The van der Waals surface area contributed by atoms with Gasteiger partial charge in [0, 0.05) is 29.4 Å². The van der Waals surface area contributed by atoms with Gasteiger partial charge in [-0.3, -0.25) is 9.00 Å². The molecule has 1 atom stereocenters. The van der Waals surface area contributed by atoms with Gasteiger partial charge in [-0.2, -0.15) is 8.78 Å². The standard InChI is InChI=1S/C5H9F2NO2S/c1-11(10)3-2-8-5(9)4(6)7/h4H,2-3H2,1H3,(H,8,9). The van der Waals surface area contributed by atoms with Gasteiger partial charge >= 0.3 is 6.43 Å². The van der Waals surface area contributed by atoms with E-state index in [1.807, 2.05) is 5.32 Å². The average molecular weight is 185 g/mol. The Labute approximate surface area is 65.6 Å². The Balaban J connectivity index is 3.39.